The summed E-state index contributed by atoms with van der Waals surface area (Å²) < 4.78 is -0.480. The summed E-state index contributed by atoms with van der Waals surface area (Å²) in [5.74, 6) is 0.0938. The maximum atomic E-state index is 12.6. The van der Waals surface area contributed by atoms with E-state index in [9.17, 15) is 9.59 Å². The zero-order chi connectivity index (χ0) is 14.9. The average molecular weight is 289 g/mol. The van der Waals surface area contributed by atoms with Crippen LogP contribution in [0.4, 0.5) is 5.69 Å². The standard InChI is InChI=1S/C16H19NO2S/c1-5-6-9-17-13-10-12(11(2)18)7-8-14(13)20-16(3,4)15(17)19/h5,7-8,10H,1,6,9H2,2-4H3. The van der Waals surface area contributed by atoms with Crippen LogP contribution >= 0.6 is 11.8 Å². The number of benzene rings is 1. The first-order chi connectivity index (χ1) is 9.36. The van der Waals surface area contributed by atoms with Crippen molar-refractivity contribution in [1.29, 1.82) is 0 Å². The van der Waals surface area contributed by atoms with Crippen molar-refractivity contribution >= 4 is 29.1 Å². The van der Waals surface area contributed by atoms with E-state index in [1.165, 1.54) is 6.92 Å². The molecule has 0 fully saturated rings. The molecule has 0 saturated heterocycles. The van der Waals surface area contributed by atoms with E-state index in [-0.39, 0.29) is 11.7 Å². The molecule has 0 unspecified atom stereocenters. The summed E-state index contributed by atoms with van der Waals surface area (Å²) >= 11 is 1.55. The van der Waals surface area contributed by atoms with Crippen molar-refractivity contribution in [1.82, 2.24) is 0 Å². The molecule has 1 heterocycles. The van der Waals surface area contributed by atoms with Crippen LogP contribution in [0.2, 0.25) is 0 Å². The Morgan fingerprint density at radius 1 is 1.45 bits per heavy atom. The summed E-state index contributed by atoms with van der Waals surface area (Å²) in [6.45, 7) is 9.71. The molecule has 0 aromatic heterocycles. The number of Topliss-reactive ketones (excluding diaryl/α,β-unsaturated/α-hetero) is 1. The number of fused-ring (bicyclic) bond motifs is 1. The van der Waals surface area contributed by atoms with Crippen molar-refractivity contribution in [3.05, 3.63) is 36.4 Å². The number of hydrogen-bond acceptors (Lipinski definition) is 3. The van der Waals surface area contributed by atoms with Crippen LogP contribution in [0, 0.1) is 0 Å². The molecule has 1 aliphatic rings. The van der Waals surface area contributed by atoms with Crippen LogP contribution in [0.3, 0.4) is 0 Å². The summed E-state index contributed by atoms with van der Waals surface area (Å²) in [7, 11) is 0. The highest BCUT2D eigenvalue weighted by Crippen LogP contribution is 2.45. The van der Waals surface area contributed by atoms with Gasteiger partial charge < -0.3 is 4.90 Å². The molecule has 0 saturated carbocycles. The third-order valence-corrected chi connectivity index (χ3v) is 4.59. The third kappa shape index (κ3) is 2.66. The Balaban J connectivity index is 2.50. The Bertz CT molecular complexity index is 578. The second-order valence-corrected chi connectivity index (χ2v) is 7.05. The van der Waals surface area contributed by atoms with Gasteiger partial charge >= 0.3 is 0 Å². The van der Waals surface area contributed by atoms with Crippen molar-refractivity contribution in [2.45, 2.75) is 36.8 Å². The van der Waals surface area contributed by atoms with Gasteiger partial charge in [0.1, 0.15) is 0 Å². The average Bonchev–Trinajstić information content (AvgIpc) is 2.38. The Hall–Kier alpha value is -1.55. The van der Waals surface area contributed by atoms with Gasteiger partial charge in [-0.05, 0) is 39.3 Å². The summed E-state index contributed by atoms with van der Waals surface area (Å²) in [6.07, 6.45) is 2.53. The predicted octanol–water partition coefficient (Wildman–Crippen LogP) is 3.68. The molecule has 1 amide bonds. The molecule has 0 aliphatic carbocycles. The number of ketones is 1. The quantitative estimate of drug-likeness (QED) is 0.627. The number of hydrogen-bond donors (Lipinski definition) is 0. The first kappa shape index (κ1) is 14.9. The first-order valence-corrected chi connectivity index (χ1v) is 7.45. The van der Waals surface area contributed by atoms with E-state index < -0.39 is 4.75 Å². The zero-order valence-corrected chi connectivity index (χ0v) is 12.9. The Morgan fingerprint density at radius 2 is 2.15 bits per heavy atom. The van der Waals surface area contributed by atoms with Gasteiger partial charge in [-0.3, -0.25) is 9.59 Å². The third-order valence-electron chi connectivity index (χ3n) is 3.34. The first-order valence-electron chi connectivity index (χ1n) is 6.63. The number of carbonyl (C=O) groups excluding carboxylic acids is 2. The van der Waals surface area contributed by atoms with Crippen molar-refractivity contribution in [3.63, 3.8) is 0 Å². The van der Waals surface area contributed by atoms with Gasteiger partial charge in [-0.15, -0.1) is 18.3 Å². The molecule has 1 aliphatic heterocycles. The number of nitrogens with zero attached hydrogens (tertiary/aromatic N) is 1. The van der Waals surface area contributed by atoms with Gasteiger partial charge in [0.15, 0.2) is 5.78 Å². The monoisotopic (exact) mass is 289 g/mol. The molecule has 4 heteroatoms. The van der Waals surface area contributed by atoms with Gasteiger partial charge in [0.25, 0.3) is 0 Å². The summed E-state index contributed by atoms with van der Waals surface area (Å²) in [5, 5.41) is 0. The highest BCUT2D eigenvalue weighted by molar-refractivity contribution is 8.01. The van der Waals surface area contributed by atoms with Gasteiger partial charge in [-0.1, -0.05) is 12.1 Å². The van der Waals surface area contributed by atoms with E-state index >= 15 is 0 Å². The lowest BCUT2D eigenvalue weighted by Crippen LogP contribution is -2.46. The molecule has 2 rings (SSSR count). The van der Waals surface area contributed by atoms with Gasteiger partial charge in [0, 0.05) is 17.0 Å². The lowest BCUT2D eigenvalue weighted by molar-refractivity contribution is -0.120. The van der Waals surface area contributed by atoms with Crippen molar-refractivity contribution in [3.8, 4) is 0 Å². The minimum Gasteiger partial charge on any atom is -0.310 e. The minimum atomic E-state index is -0.480. The molecule has 0 N–H and O–H groups in total. The molecule has 20 heavy (non-hydrogen) atoms. The SMILES string of the molecule is C=CCCN1C(=O)C(C)(C)Sc2ccc(C(C)=O)cc21. The second kappa shape index (κ2) is 5.44. The van der Waals surface area contributed by atoms with Crippen LogP contribution in [0.15, 0.2) is 35.7 Å². The largest absolute Gasteiger partial charge is 0.310 e. The van der Waals surface area contributed by atoms with Crippen LogP contribution in [-0.2, 0) is 4.79 Å². The zero-order valence-electron chi connectivity index (χ0n) is 12.1. The molecular weight excluding hydrogens is 270 g/mol. The summed E-state index contributed by atoms with van der Waals surface area (Å²) in [4.78, 5) is 26.9. The molecule has 1 aromatic rings. The second-order valence-electron chi connectivity index (χ2n) is 5.39. The molecule has 106 valence electrons. The molecule has 0 atom stereocenters. The van der Waals surface area contributed by atoms with E-state index in [1.807, 2.05) is 32.0 Å². The summed E-state index contributed by atoms with van der Waals surface area (Å²) in [5.41, 5.74) is 1.48. The predicted molar refractivity (Wildman–Crippen MR) is 83.5 cm³/mol. The fraction of sp³-hybridized carbons (Fsp3) is 0.375. The van der Waals surface area contributed by atoms with Crippen LogP contribution < -0.4 is 4.90 Å². The molecule has 0 bridgehead atoms. The molecule has 3 nitrogen and oxygen atoms in total. The molecule has 0 spiro atoms. The van der Waals surface area contributed by atoms with E-state index in [1.54, 1.807) is 22.7 Å². The van der Waals surface area contributed by atoms with Crippen LogP contribution in [0.5, 0.6) is 0 Å². The summed E-state index contributed by atoms with van der Waals surface area (Å²) in [6, 6.07) is 5.58. The maximum absolute atomic E-state index is 12.6. The van der Waals surface area contributed by atoms with E-state index in [2.05, 4.69) is 6.58 Å². The fourth-order valence-electron chi connectivity index (χ4n) is 2.23. The normalized spacial score (nSPS) is 16.8. The van der Waals surface area contributed by atoms with Gasteiger partial charge in [-0.2, -0.15) is 0 Å². The van der Waals surface area contributed by atoms with E-state index in [0.29, 0.717) is 12.1 Å². The van der Waals surface area contributed by atoms with Crippen molar-refractivity contribution < 1.29 is 9.59 Å². The van der Waals surface area contributed by atoms with Gasteiger partial charge in [-0.25, -0.2) is 0 Å². The smallest absolute Gasteiger partial charge is 0.243 e. The minimum absolute atomic E-state index is 0.0127. The van der Waals surface area contributed by atoms with Crippen molar-refractivity contribution in [2.75, 3.05) is 11.4 Å². The maximum Gasteiger partial charge on any atom is 0.243 e. The molecule has 1 aromatic carbocycles. The number of carbonyl (C=O) groups is 2. The number of amides is 1. The van der Waals surface area contributed by atoms with Crippen LogP contribution in [-0.4, -0.2) is 23.0 Å². The number of thioether (sulfide) groups is 1. The van der Waals surface area contributed by atoms with E-state index in [4.69, 9.17) is 0 Å². The van der Waals surface area contributed by atoms with Crippen LogP contribution in [0.1, 0.15) is 37.6 Å². The fourth-order valence-corrected chi connectivity index (χ4v) is 3.39. The van der Waals surface area contributed by atoms with Crippen LogP contribution in [0.25, 0.3) is 0 Å². The lowest BCUT2D eigenvalue weighted by Gasteiger charge is -2.38. The van der Waals surface area contributed by atoms with Gasteiger partial charge in [0.05, 0.1) is 10.4 Å². The highest BCUT2D eigenvalue weighted by atomic mass is 32.2. The molecular formula is C16H19NO2S. The topological polar surface area (TPSA) is 37.4 Å². The Morgan fingerprint density at radius 3 is 2.75 bits per heavy atom. The Labute approximate surface area is 124 Å². The van der Waals surface area contributed by atoms with Crippen molar-refractivity contribution in [2.24, 2.45) is 0 Å². The van der Waals surface area contributed by atoms with E-state index in [0.717, 1.165) is 17.0 Å². The number of anilines is 1. The Kier molecular flexibility index (Phi) is 4.04. The highest BCUT2D eigenvalue weighted by Gasteiger charge is 2.39. The number of rotatable bonds is 4. The molecule has 0 radical (unpaired) electrons. The lowest BCUT2D eigenvalue weighted by atomic mass is 10.1. The van der Waals surface area contributed by atoms with Gasteiger partial charge in [0.2, 0.25) is 5.91 Å².